The lowest BCUT2D eigenvalue weighted by molar-refractivity contribution is 0.199. The molecule has 4 heteroatoms. The Hall–Kier alpha value is -0.480. The van der Waals surface area contributed by atoms with E-state index in [0.29, 0.717) is 5.02 Å². The molecule has 0 saturated carbocycles. The topological polar surface area (TPSA) is 20.2 Å². The number of aliphatic hydroxyl groups is 1. The maximum Gasteiger partial charge on any atom is 0.0762 e. The van der Waals surface area contributed by atoms with E-state index in [4.69, 9.17) is 11.6 Å². The fourth-order valence-electron chi connectivity index (χ4n) is 1.51. The number of rotatable bonds is 3. The van der Waals surface area contributed by atoms with Crippen LogP contribution in [-0.2, 0) is 0 Å². The zero-order chi connectivity index (χ0) is 13.1. The monoisotopic (exact) mass is 342 g/mol. The summed E-state index contributed by atoms with van der Waals surface area (Å²) < 4.78 is 1.05. The van der Waals surface area contributed by atoms with Crippen molar-refractivity contribution in [1.29, 1.82) is 0 Å². The molecule has 1 atom stereocenters. The van der Waals surface area contributed by atoms with Gasteiger partial charge in [-0.2, -0.15) is 0 Å². The Kier molecular flexibility index (Phi) is 4.73. The molecule has 0 aromatic heterocycles. The molecule has 0 radical (unpaired) electrons. The van der Waals surface area contributed by atoms with Crippen molar-refractivity contribution in [2.24, 2.45) is 0 Å². The van der Waals surface area contributed by atoms with Crippen molar-refractivity contribution in [3.63, 3.8) is 0 Å². The highest BCUT2D eigenvalue weighted by molar-refractivity contribution is 9.10. The minimum absolute atomic E-state index is 0.495. The molecule has 0 spiro atoms. The Morgan fingerprint density at radius 1 is 1.17 bits per heavy atom. The van der Waals surface area contributed by atoms with Gasteiger partial charge in [0.2, 0.25) is 0 Å². The van der Waals surface area contributed by atoms with E-state index in [2.05, 4.69) is 15.9 Å². The van der Waals surface area contributed by atoms with Crippen molar-refractivity contribution in [3.05, 3.63) is 57.5 Å². The van der Waals surface area contributed by atoms with E-state index in [0.717, 1.165) is 19.8 Å². The molecule has 0 amide bonds. The smallest absolute Gasteiger partial charge is 0.0762 e. The van der Waals surface area contributed by atoms with Crippen molar-refractivity contribution < 1.29 is 5.11 Å². The first-order valence-corrected chi connectivity index (χ1v) is 7.46. The molecule has 0 aliphatic rings. The summed E-state index contributed by atoms with van der Waals surface area (Å²) in [4.78, 5) is 2.09. The lowest BCUT2D eigenvalue weighted by Crippen LogP contribution is -1.90. The second-order valence-corrected chi connectivity index (χ2v) is 6.24. The van der Waals surface area contributed by atoms with Gasteiger partial charge in [0, 0.05) is 14.3 Å². The largest absolute Gasteiger partial charge is 0.389 e. The van der Waals surface area contributed by atoms with Gasteiger partial charge in [-0.05, 0) is 52.7 Å². The second kappa shape index (κ2) is 6.11. The summed E-state index contributed by atoms with van der Waals surface area (Å²) in [7, 11) is 0. The fraction of sp³-hybridized carbons (Fsp3) is 0.143. The predicted octanol–water partition coefficient (Wildman–Crippen LogP) is 5.31. The van der Waals surface area contributed by atoms with Gasteiger partial charge < -0.3 is 5.11 Å². The standard InChI is InChI=1S/C14H12BrClOS/c1-9(17)10-6-7-14(12(16)8-10)18-13-5-3-2-4-11(13)15/h2-9,17H,1H3. The third-order valence-electron chi connectivity index (χ3n) is 2.49. The van der Waals surface area contributed by atoms with Crippen LogP contribution in [0.5, 0.6) is 0 Å². The van der Waals surface area contributed by atoms with E-state index < -0.39 is 6.10 Å². The molecule has 2 aromatic carbocycles. The highest BCUT2D eigenvalue weighted by Crippen LogP contribution is 2.37. The normalized spacial score (nSPS) is 12.4. The van der Waals surface area contributed by atoms with Crippen LogP contribution in [0.4, 0.5) is 0 Å². The highest BCUT2D eigenvalue weighted by Gasteiger charge is 2.08. The molecule has 1 N–H and O–H groups in total. The van der Waals surface area contributed by atoms with Crippen LogP contribution in [-0.4, -0.2) is 5.11 Å². The van der Waals surface area contributed by atoms with Crippen LogP contribution in [0.15, 0.2) is 56.7 Å². The van der Waals surface area contributed by atoms with Crippen molar-refractivity contribution in [2.45, 2.75) is 22.8 Å². The minimum atomic E-state index is -0.495. The summed E-state index contributed by atoms with van der Waals surface area (Å²) in [6.45, 7) is 1.73. The van der Waals surface area contributed by atoms with Crippen LogP contribution >= 0.6 is 39.3 Å². The lowest BCUT2D eigenvalue weighted by Gasteiger charge is -2.09. The van der Waals surface area contributed by atoms with E-state index in [-0.39, 0.29) is 0 Å². The van der Waals surface area contributed by atoms with Gasteiger partial charge in [-0.15, -0.1) is 0 Å². The van der Waals surface area contributed by atoms with Crippen LogP contribution < -0.4 is 0 Å². The van der Waals surface area contributed by atoms with Crippen LogP contribution in [0, 0.1) is 0 Å². The molecule has 94 valence electrons. The SMILES string of the molecule is CC(O)c1ccc(Sc2ccccc2Br)c(Cl)c1. The molecule has 0 aliphatic heterocycles. The molecule has 0 heterocycles. The number of benzene rings is 2. The van der Waals surface area contributed by atoms with Crippen LogP contribution in [0.3, 0.4) is 0 Å². The molecule has 1 unspecified atom stereocenters. The molecular weight excluding hydrogens is 332 g/mol. The van der Waals surface area contributed by atoms with Gasteiger partial charge in [0.1, 0.15) is 0 Å². The Morgan fingerprint density at radius 2 is 1.89 bits per heavy atom. The summed E-state index contributed by atoms with van der Waals surface area (Å²) >= 11 is 11.3. The van der Waals surface area contributed by atoms with E-state index in [9.17, 15) is 5.11 Å². The quantitative estimate of drug-likeness (QED) is 0.815. The van der Waals surface area contributed by atoms with Crippen molar-refractivity contribution in [1.82, 2.24) is 0 Å². The van der Waals surface area contributed by atoms with Gasteiger partial charge >= 0.3 is 0 Å². The van der Waals surface area contributed by atoms with Gasteiger partial charge in [-0.1, -0.05) is 41.6 Å². The maximum absolute atomic E-state index is 9.50. The fourth-order valence-corrected chi connectivity index (χ4v) is 3.18. The molecule has 2 aromatic rings. The number of hydrogen-bond donors (Lipinski definition) is 1. The van der Waals surface area contributed by atoms with Gasteiger partial charge in [-0.3, -0.25) is 0 Å². The van der Waals surface area contributed by atoms with Crippen LogP contribution in [0.1, 0.15) is 18.6 Å². The van der Waals surface area contributed by atoms with Gasteiger partial charge in [0.15, 0.2) is 0 Å². The van der Waals surface area contributed by atoms with E-state index in [1.165, 1.54) is 0 Å². The third-order valence-corrected chi connectivity index (χ3v) is 5.03. The molecular formula is C14H12BrClOS. The lowest BCUT2D eigenvalue weighted by atomic mass is 10.1. The Balaban J connectivity index is 2.28. The summed E-state index contributed by atoms with van der Waals surface area (Å²) in [5, 5.41) is 10.2. The first kappa shape index (κ1) is 13.9. The van der Waals surface area contributed by atoms with E-state index >= 15 is 0 Å². The van der Waals surface area contributed by atoms with Crippen molar-refractivity contribution >= 4 is 39.3 Å². The highest BCUT2D eigenvalue weighted by atomic mass is 79.9. The van der Waals surface area contributed by atoms with Crippen molar-refractivity contribution in [3.8, 4) is 0 Å². The molecule has 0 aliphatic carbocycles. The number of aliphatic hydroxyl groups excluding tert-OH is 1. The summed E-state index contributed by atoms with van der Waals surface area (Å²) in [6, 6.07) is 13.7. The Labute approximate surface area is 124 Å². The molecule has 0 bridgehead atoms. The Bertz CT molecular complexity index is 557. The van der Waals surface area contributed by atoms with Gasteiger partial charge in [0.25, 0.3) is 0 Å². The summed E-state index contributed by atoms with van der Waals surface area (Å²) in [5.74, 6) is 0. The average molecular weight is 344 g/mol. The first-order valence-electron chi connectivity index (χ1n) is 5.48. The second-order valence-electron chi connectivity index (χ2n) is 3.90. The first-order chi connectivity index (χ1) is 8.58. The summed E-state index contributed by atoms with van der Waals surface area (Å²) in [6.07, 6.45) is -0.495. The van der Waals surface area contributed by atoms with E-state index in [1.807, 2.05) is 42.5 Å². The molecule has 1 nitrogen and oxygen atoms in total. The van der Waals surface area contributed by atoms with Crippen molar-refractivity contribution in [2.75, 3.05) is 0 Å². The summed E-state index contributed by atoms with van der Waals surface area (Å²) in [5.41, 5.74) is 0.830. The number of halogens is 2. The predicted molar refractivity (Wildman–Crippen MR) is 80.4 cm³/mol. The van der Waals surface area contributed by atoms with E-state index in [1.54, 1.807) is 18.7 Å². The zero-order valence-corrected chi connectivity index (χ0v) is 12.9. The third kappa shape index (κ3) is 3.29. The van der Waals surface area contributed by atoms with Crippen LogP contribution in [0.25, 0.3) is 0 Å². The molecule has 18 heavy (non-hydrogen) atoms. The molecule has 0 fully saturated rings. The average Bonchev–Trinajstić information content (AvgIpc) is 2.34. The maximum atomic E-state index is 9.50. The molecule has 0 saturated heterocycles. The zero-order valence-electron chi connectivity index (χ0n) is 9.73. The minimum Gasteiger partial charge on any atom is -0.389 e. The Morgan fingerprint density at radius 3 is 2.50 bits per heavy atom. The number of hydrogen-bond acceptors (Lipinski definition) is 2. The molecule has 2 rings (SSSR count). The van der Waals surface area contributed by atoms with Crippen LogP contribution in [0.2, 0.25) is 5.02 Å². The van der Waals surface area contributed by atoms with Gasteiger partial charge in [-0.25, -0.2) is 0 Å². The van der Waals surface area contributed by atoms with Gasteiger partial charge in [0.05, 0.1) is 11.1 Å².